The number of nitrogens with zero attached hydrogens (tertiary/aromatic N) is 1. The summed E-state index contributed by atoms with van der Waals surface area (Å²) in [6.45, 7) is 7.45. The molecule has 0 unspecified atom stereocenters. The Labute approximate surface area is 127 Å². The van der Waals surface area contributed by atoms with Crippen LogP contribution in [0.4, 0.5) is 0 Å². The van der Waals surface area contributed by atoms with Gasteiger partial charge in [-0.25, -0.2) is 0 Å². The molecule has 2 N–H and O–H groups in total. The van der Waals surface area contributed by atoms with Crippen molar-refractivity contribution in [3.63, 3.8) is 0 Å². The summed E-state index contributed by atoms with van der Waals surface area (Å²) >= 11 is 0. The van der Waals surface area contributed by atoms with Crippen LogP contribution in [0.2, 0.25) is 0 Å². The molecule has 3 nitrogen and oxygen atoms in total. The third-order valence-electron chi connectivity index (χ3n) is 3.47. The van der Waals surface area contributed by atoms with Gasteiger partial charge in [-0.2, -0.15) is 0 Å². The largest absolute Gasteiger partial charge is 0.335 e. The molecule has 1 fully saturated rings. The van der Waals surface area contributed by atoms with Crippen molar-refractivity contribution in [1.82, 2.24) is 4.90 Å². The Morgan fingerprint density at radius 1 is 1.38 bits per heavy atom. The average Bonchev–Trinajstić information content (AvgIpc) is 3.25. The highest BCUT2D eigenvalue weighted by atomic mass is 16.2. The summed E-state index contributed by atoms with van der Waals surface area (Å²) in [4.78, 5) is 14.8. The van der Waals surface area contributed by atoms with E-state index >= 15 is 0 Å². The molecule has 0 aromatic heterocycles. The molecule has 0 radical (unpaired) electrons. The van der Waals surface area contributed by atoms with E-state index in [1.165, 1.54) is 0 Å². The first-order valence-corrected chi connectivity index (χ1v) is 7.63. The van der Waals surface area contributed by atoms with Crippen LogP contribution < -0.4 is 5.73 Å². The second-order valence-corrected chi connectivity index (χ2v) is 6.18. The van der Waals surface area contributed by atoms with Crippen molar-refractivity contribution in [2.45, 2.75) is 39.7 Å². The lowest BCUT2D eigenvalue weighted by atomic mass is 10.0. The van der Waals surface area contributed by atoms with Crippen LogP contribution in [-0.4, -0.2) is 29.9 Å². The molecule has 3 heteroatoms. The fraction of sp³-hybridized carbons (Fsp3) is 0.500. The SMILES string of the molecule is Cc1cc(C#CCN)cc(C(=O)N(CC(C)C)C2CC2)c1. The molecule has 21 heavy (non-hydrogen) atoms. The molecule has 1 aliphatic carbocycles. The van der Waals surface area contributed by atoms with Crippen molar-refractivity contribution < 1.29 is 4.79 Å². The minimum atomic E-state index is 0.130. The highest BCUT2D eigenvalue weighted by Gasteiger charge is 2.33. The van der Waals surface area contributed by atoms with Gasteiger partial charge in [0.05, 0.1) is 6.54 Å². The molecule has 1 aliphatic rings. The van der Waals surface area contributed by atoms with Gasteiger partial charge in [0.1, 0.15) is 0 Å². The topological polar surface area (TPSA) is 46.3 Å². The van der Waals surface area contributed by atoms with E-state index in [0.29, 0.717) is 18.5 Å². The van der Waals surface area contributed by atoms with Crippen molar-refractivity contribution >= 4 is 5.91 Å². The van der Waals surface area contributed by atoms with E-state index < -0.39 is 0 Å². The molecule has 1 amide bonds. The first kappa shape index (κ1) is 15.6. The molecule has 2 rings (SSSR count). The zero-order valence-corrected chi connectivity index (χ0v) is 13.1. The number of carbonyl (C=O) groups excluding carboxylic acids is 1. The summed E-state index contributed by atoms with van der Waals surface area (Å²) in [6.07, 6.45) is 2.26. The van der Waals surface area contributed by atoms with E-state index in [1.54, 1.807) is 0 Å². The average molecular weight is 284 g/mol. The highest BCUT2D eigenvalue weighted by molar-refractivity contribution is 5.95. The molecule has 0 aliphatic heterocycles. The number of carbonyl (C=O) groups is 1. The number of nitrogens with two attached hydrogens (primary N) is 1. The van der Waals surface area contributed by atoms with Crippen molar-refractivity contribution in [1.29, 1.82) is 0 Å². The first-order valence-electron chi connectivity index (χ1n) is 7.63. The van der Waals surface area contributed by atoms with Crippen molar-refractivity contribution in [3.05, 3.63) is 34.9 Å². The van der Waals surface area contributed by atoms with Crippen LogP contribution in [0.25, 0.3) is 0 Å². The van der Waals surface area contributed by atoms with Gasteiger partial charge in [0.25, 0.3) is 5.91 Å². The van der Waals surface area contributed by atoms with Gasteiger partial charge in [-0.15, -0.1) is 0 Å². The minimum Gasteiger partial charge on any atom is -0.335 e. The zero-order valence-electron chi connectivity index (χ0n) is 13.1. The molecule has 0 spiro atoms. The van der Waals surface area contributed by atoms with E-state index in [-0.39, 0.29) is 5.91 Å². The summed E-state index contributed by atoms with van der Waals surface area (Å²) in [7, 11) is 0. The summed E-state index contributed by atoms with van der Waals surface area (Å²) in [5.41, 5.74) is 8.08. The fourth-order valence-corrected chi connectivity index (χ4v) is 2.48. The maximum atomic E-state index is 12.8. The number of aryl methyl sites for hydroxylation is 1. The summed E-state index contributed by atoms with van der Waals surface area (Å²) in [5.74, 6) is 6.48. The van der Waals surface area contributed by atoms with Crippen LogP contribution in [0.15, 0.2) is 18.2 Å². The molecule has 0 bridgehead atoms. The standard InChI is InChI=1S/C18H24N2O/c1-13(2)12-20(17-6-7-17)18(21)16-10-14(3)9-15(11-16)5-4-8-19/h9-11,13,17H,6-8,12,19H2,1-3H3. The van der Waals surface area contributed by atoms with E-state index in [4.69, 9.17) is 5.73 Å². The van der Waals surface area contributed by atoms with Gasteiger partial charge in [-0.1, -0.05) is 25.7 Å². The van der Waals surface area contributed by atoms with Crippen LogP contribution in [-0.2, 0) is 0 Å². The molecule has 1 saturated carbocycles. The fourth-order valence-electron chi connectivity index (χ4n) is 2.48. The normalized spacial score (nSPS) is 13.8. The minimum absolute atomic E-state index is 0.130. The Bertz CT molecular complexity index is 577. The Kier molecular flexibility index (Phi) is 5.03. The first-order chi connectivity index (χ1) is 10.0. The molecule has 112 valence electrons. The lowest BCUT2D eigenvalue weighted by Gasteiger charge is -2.24. The second-order valence-electron chi connectivity index (χ2n) is 6.18. The van der Waals surface area contributed by atoms with Crippen LogP contribution in [0.1, 0.15) is 48.2 Å². The molecular weight excluding hydrogens is 260 g/mol. The maximum absolute atomic E-state index is 12.8. The summed E-state index contributed by atoms with van der Waals surface area (Å²) in [6, 6.07) is 6.25. The van der Waals surface area contributed by atoms with Gasteiger partial charge in [-0.3, -0.25) is 4.79 Å². The predicted molar refractivity (Wildman–Crippen MR) is 86.0 cm³/mol. The lowest BCUT2D eigenvalue weighted by Crippen LogP contribution is -2.36. The monoisotopic (exact) mass is 284 g/mol. The Balaban J connectivity index is 2.26. The second kappa shape index (κ2) is 6.78. The maximum Gasteiger partial charge on any atom is 0.254 e. The Morgan fingerprint density at radius 2 is 2.10 bits per heavy atom. The summed E-state index contributed by atoms with van der Waals surface area (Å²) < 4.78 is 0. The highest BCUT2D eigenvalue weighted by Crippen LogP contribution is 2.29. The number of rotatable bonds is 4. The van der Waals surface area contributed by atoms with Crippen molar-refractivity contribution in [3.8, 4) is 11.8 Å². The predicted octanol–water partition coefficient (Wildman–Crippen LogP) is 2.57. The van der Waals surface area contributed by atoms with E-state index in [1.807, 2.05) is 30.0 Å². The van der Waals surface area contributed by atoms with Crippen molar-refractivity contribution in [2.75, 3.05) is 13.1 Å². The van der Waals surface area contributed by atoms with Crippen LogP contribution in [0, 0.1) is 24.7 Å². The third-order valence-corrected chi connectivity index (χ3v) is 3.47. The van der Waals surface area contributed by atoms with Gasteiger partial charge in [0.2, 0.25) is 0 Å². The molecule has 1 aromatic rings. The van der Waals surface area contributed by atoms with Crippen molar-refractivity contribution in [2.24, 2.45) is 11.7 Å². The molecule has 0 atom stereocenters. The third kappa shape index (κ3) is 4.34. The number of benzene rings is 1. The number of hydrogen-bond donors (Lipinski definition) is 1. The van der Waals surface area contributed by atoms with Gasteiger partial charge in [0, 0.05) is 23.7 Å². The van der Waals surface area contributed by atoms with Crippen LogP contribution in [0.3, 0.4) is 0 Å². The van der Waals surface area contributed by atoms with Gasteiger partial charge >= 0.3 is 0 Å². The lowest BCUT2D eigenvalue weighted by molar-refractivity contribution is 0.0722. The molecule has 0 heterocycles. The van der Waals surface area contributed by atoms with E-state index in [9.17, 15) is 4.79 Å². The summed E-state index contributed by atoms with van der Waals surface area (Å²) in [5, 5.41) is 0. The number of amides is 1. The van der Waals surface area contributed by atoms with E-state index in [2.05, 4.69) is 25.7 Å². The van der Waals surface area contributed by atoms with Gasteiger partial charge < -0.3 is 10.6 Å². The number of hydrogen-bond acceptors (Lipinski definition) is 2. The van der Waals surface area contributed by atoms with Gasteiger partial charge in [0.15, 0.2) is 0 Å². The van der Waals surface area contributed by atoms with E-state index in [0.717, 1.165) is 36.1 Å². The van der Waals surface area contributed by atoms with Crippen LogP contribution in [0.5, 0.6) is 0 Å². The Hall–Kier alpha value is -1.79. The molecular formula is C18H24N2O. The zero-order chi connectivity index (χ0) is 15.4. The quantitative estimate of drug-likeness (QED) is 0.864. The van der Waals surface area contributed by atoms with Gasteiger partial charge in [-0.05, 0) is 49.4 Å². The molecule has 1 aromatic carbocycles. The molecule has 0 saturated heterocycles. The Morgan fingerprint density at radius 3 is 2.67 bits per heavy atom. The smallest absolute Gasteiger partial charge is 0.254 e. The van der Waals surface area contributed by atoms with Crippen LogP contribution >= 0.6 is 0 Å².